The second kappa shape index (κ2) is 6.62. The first kappa shape index (κ1) is 15.1. The van der Waals surface area contributed by atoms with Crippen LogP contribution in [0.15, 0.2) is 10.6 Å². The fourth-order valence-electron chi connectivity index (χ4n) is 1.41. The number of hydrogen-bond donors (Lipinski definition) is 0. The third-order valence-electron chi connectivity index (χ3n) is 1.96. The highest BCUT2D eigenvalue weighted by atomic mass is 32.2. The summed E-state index contributed by atoms with van der Waals surface area (Å²) in [5.74, 6) is 0. The highest BCUT2D eigenvalue weighted by Crippen LogP contribution is 2.22. The topological polar surface area (TPSA) is 50.8 Å². The monoisotopic (exact) mass is 253 g/mol. The van der Waals surface area contributed by atoms with E-state index in [0.717, 1.165) is 17.7 Å². The molecule has 0 heterocycles. The Labute approximate surface area is 104 Å². The molecule has 0 saturated heterocycles. The summed E-state index contributed by atoms with van der Waals surface area (Å²) in [4.78, 5) is 2.15. The Bertz CT molecular complexity index is 328. The van der Waals surface area contributed by atoms with Crippen molar-refractivity contribution in [2.45, 2.75) is 26.6 Å². The lowest BCUT2D eigenvalue weighted by Gasteiger charge is -2.30. The summed E-state index contributed by atoms with van der Waals surface area (Å²) in [7, 11) is -1.23. The minimum Gasteiger partial charge on any atom is -0.368 e. The summed E-state index contributed by atoms with van der Waals surface area (Å²) in [6, 6.07) is 3.95. The van der Waals surface area contributed by atoms with Crippen molar-refractivity contribution < 1.29 is 0 Å². The van der Waals surface area contributed by atoms with Crippen molar-refractivity contribution in [3.8, 4) is 12.1 Å². The van der Waals surface area contributed by atoms with Gasteiger partial charge in [0.15, 0.2) is 5.57 Å². The van der Waals surface area contributed by atoms with Crippen LogP contribution in [-0.4, -0.2) is 31.9 Å². The molecule has 0 spiro atoms. The van der Waals surface area contributed by atoms with Crippen LogP contribution in [0.1, 0.15) is 6.92 Å². The van der Waals surface area contributed by atoms with E-state index in [4.69, 9.17) is 10.5 Å². The number of hydrogen-bond acceptors (Lipinski definition) is 4. The molecule has 0 bridgehead atoms. The molecule has 3 nitrogen and oxygen atoms in total. The number of rotatable bonds is 5. The first-order valence-corrected chi connectivity index (χ1v) is 10.2. The van der Waals surface area contributed by atoms with Crippen LogP contribution in [0, 0.1) is 22.7 Å². The van der Waals surface area contributed by atoms with E-state index >= 15 is 0 Å². The van der Waals surface area contributed by atoms with E-state index in [1.165, 1.54) is 11.8 Å². The molecule has 0 N–H and O–H groups in total. The van der Waals surface area contributed by atoms with Crippen molar-refractivity contribution >= 4 is 19.8 Å². The minimum atomic E-state index is -1.23. The van der Waals surface area contributed by atoms with Gasteiger partial charge < -0.3 is 4.90 Å². The molecule has 0 rings (SSSR count). The van der Waals surface area contributed by atoms with E-state index in [1.54, 1.807) is 0 Å². The summed E-state index contributed by atoms with van der Waals surface area (Å²) in [5.41, 5.74) is 0.229. The fraction of sp³-hybridized carbons (Fsp3) is 0.636. The fourth-order valence-corrected chi connectivity index (χ4v) is 3.80. The zero-order valence-corrected chi connectivity index (χ0v) is 12.5. The second-order valence-electron chi connectivity index (χ2n) is 4.68. The average Bonchev–Trinajstić information content (AvgIpc) is 2.21. The van der Waals surface area contributed by atoms with Crippen molar-refractivity contribution in [2.24, 2.45) is 0 Å². The van der Waals surface area contributed by atoms with Gasteiger partial charge in [0, 0.05) is 12.7 Å². The molecule has 88 valence electrons. The van der Waals surface area contributed by atoms with Crippen molar-refractivity contribution in [1.29, 1.82) is 10.5 Å². The normalized spacial score (nSPS) is 10.2. The zero-order chi connectivity index (χ0) is 12.8. The summed E-state index contributed by atoms with van der Waals surface area (Å²) < 4.78 is 0. The van der Waals surface area contributed by atoms with Crippen LogP contribution in [0.2, 0.25) is 19.6 Å². The molecule has 0 aliphatic heterocycles. The van der Waals surface area contributed by atoms with Gasteiger partial charge in [-0.05, 0) is 13.2 Å². The number of nitriles is 2. The Morgan fingerprint density at radius 3 is 2.00 bits per heavy atom. The number of thioether (sulfide) groups is 1. The van der Waals surface area contributed by atoms with Gasteiger partial charge in [0.25, 0.3) is 0 Å². The molecule has 0 amide bonds. The summed E-state index contributed by atoms with van der Waals surface area (Å²) >= 11 is 1.48. The molecule has 0 atom stereocenters. The van der Waals surface area contributed by atoms with Crippen molar-refractivity contribution in [2.75, 3.05) is 19.0 Å². The van der Waals surface area contributed by atoms with Crippen LogP contribution in [0.25, 0.3) is 0 Å². The summed E-state index contributed by atoms with van der Waals surface area (Å²) in [6.45, 7) is 9.75. The molecule has 0 aliphatic carbocycles. The average molecular weight is 253 g/mol. The van der Waals surface area contributed by atoms with E-state index in [2.05, 4.69) is 31.5 Å². The van der Waals surface area contributed by atoms with E-state index in [9.17, 15) is 0 Å². The van der Waals surface area contributed by atoms with Gasteiger partial charge in [-0.15, -0.1) is 11.8 Å². The summed E-state index contributed by atoms with van der Waals surface area (Å²) in [6.07, 6.45) is 2.89. The second-order valence-corrected chi connectivity index (χ2v) is 10.9. The lowest BCUT2D eigenvalue weighted by atomic mass is 10.3. The molecule has 0 aromatic carbocycles. The van der Waals surface area contributed by atoms with E-state index in [0.29, 0.717) is 0 Å². The lowest BCUT2D eigenvalue weighted by molar-refractivity contribution is 0.441. The molecule has 0 fully saturated rings. The standard InChI is InChI=1S/C11H19N3SSi/c1-6-14(9-16(3,4)5)11(15-2)10(7-12)8-13/h6,9H2,1-5H3. The van der Waals surface area contributed by atoms with Gasteiger partial charge in [-0.25, -0.2) is 0 Å². The van der Waals surface area contributed by atoms with E-state index in [1.807, 2.05) is 18.4 Å². The van der Waals surface area contributed by atoms with Crippen LogP contribution in [0.4, 0.5) is 0 Å². The van der Waals surface area contributed by atoms with E-state index in [-0.39, 0.29) is 5.57 Å². The third kappa shape index (κ3) is 4.74. The van der Waals surface area contributed by atoms with Crippen LogP contribution in [-0.2, 0) is 0 Å². The quantitative estimate of drug-likeness (QED) is 0.558. The zero-order valence-electron chi connectivity index (χ0n) is 10.7. The Hall–Kier alpha value is -0.913. The predicted octanol–water partition coefficient (Wildman–Crippen LogP) is 2.81. The Morgan fingerprint density at radius 1 is 1.25 bits per heavy atom. The molecule has 0 aliphatic rings. The Kier molecular flexibility index (Phi) is 6.24. The summed E-state index contributed by atoms with van der Waals surface area (Å²) in [5, 5.41) is 18.6. The van der Waals surface area contributed by atoms with Crippen LogP contribution in [0.5, 0.6) is 0 Å². The molecule has 16 heavy (non-hydrogen) atoms. The molecule has 0 saturated carbocycles. The largest absolute Gasteiger partial charge is 0.368 e. The van der Waals surface area contributed by atoms with Crippen molar-refractivity contribution in [3.63, 3.8) is 0 Å². The predicted molar refractivity (Wildman–Crippen MR) is 72.4 cm³/mol. The molecule has 0 aromatic rings. The number of allylic oxidation sites excluding steroid dienone is 1. The highest BCUT2D eigenvalue weighted by Gasteiger charge is 2.21. The molecule has 0 aromatic heterocycles. The molecular formula is C11H19N3SSi. The molecular weight excluding hydrogens is 234 g/mol. The minimum absolute atomic E-state index is 0.229. The highest BCUT2D eigenvalue weighted by molar-refractivity contribution is 8.02. The van der Waals surface area contributed by atoms with E-state index < -0.39 is 8.07 Å². The number of nitrogens with zero attached hydrogens (tertiary/aromatic N) is 3. The third-order valence-corrected chi connectivity index (χ3v) is 4.14. The smallest absolute Gasteiger partial charge is 0.159 e. The maximum Gasteiger partial charge on any atom is 0.159 e. The first-order valence-electron chi connectivity index (χ1n) is 5.23. The van der Waals surface area contributed by atoms with Crippen LogP contribution < -0.4 is 0 Å². The Balaban J connectivity index is 5.16. The molecule has 0 radical (unpaired) electrons. The molecule has 5 heteroatoms. The van der Waals surface area contributed by atoms with Gasteiger partial charge in [0.05, 0.1) is 13.1 Å². The van der Waals surface area contributed by atoms with Crippen LogP contribution in [0.3, 0.4) is 0 Å². The molecule has 0 unspecified atom stereocenters. The van der Waals surface area contributed by atoms with Gasteiger partial charge in [0.1, 0.15) is 12.1 Å². The van der Waals surface area contributed by atoms with Gasteiger partial charge in [-0.3, -0.25) is 0 Å². The van der Waals surface area contributed by atoms with Crippen LogP contribution >= 0.6 is 11.8 Å². The maximum absolute atomic E-state index is 8.91. The van der Waals surface area contributed by atoms with Crippen molar-refractivity contribution in [1.82, 2.24) is 4.90 Å². The maximum atomic E-state index is 8.91. The van der Waals surface area contributed by atoms with Crippen molar-refractivity contribution in [3.05, 3.63) is 10.6 Å². The lowest BCUT2D eigenvalue weighted by Crippen LogP contribution is -2.39. The van der Waals surface area contributed by atoms with Gasteiger partial charge >= 0.3 is 0 Å². The first-order chi connectivity index (χ1) is 7.39. The van der Waals surface area contributed by atoms with Gasteiger partial charge in [0.2, 0.25) is 0 Å². The Morgan fingerprint density at radius 2 is 1.75 bits per heavy atom. The van der Waals surface area contributed by atoms with Gasteiger partial charge in [-0.1, -0.05) is 19.6 Å². The SMILES string of the molecule is CCN(C[Si](C)(C)C)C(SC)=C(C#N)C#N. The van der Waals surface area contributed by atoms with Gasteiger partial charge in [-0.2, -0.15) is 10.5 Å².